The normalized spacial score (nSPS) is 9.82. The van der Waals surface area contributed by atoms with Crippen molar-refractivity contribution in [3.05, 3.63) is 84.6 Å². The van der Waals surface area contributed by atoms with E-state index in [9.17, 15) is 4.79 Å². The third kappa shape index (κ3) is 4.05. The summed E-state index contributed by atoms with van der Waals surface area (Å²) in [7, 11) is 0. The standard InChI is InChI=1S/C17H14N2O2.BrH/c20-17(16-7-4-12-21-16)18-15-8-10-19(11-9-15)13-14-5-2-1-3-6-14;/h1-12H,13H2;1H. The second kappa shape index (κ2) is 7.56. The third-order valence-electron chi connectivity index (χ3n) is 3.10. The number of carbonyl (C=O) groups excluding carboxylic acids is 1. The predicted octanol–water partition coefficient (Wildman–Crippen LogP) is -0.128. The molecule has 0 spiro atoms. The number of halogens is 1. The van der Waals surface area contributed by atoms with E-state index in [0.29, 0.717) is 5.76 Å². The van der Waals surface area contributed by atoms with Gasteiger partial charge in [-0.3, -0.25) is 4.79 Å². The number of anilines is 1. The Labute approximate surface area is 139 Å². The Morgan fingerprint density at radius 2 is 1.73 bits per heavy atom. The Kier molecular flexibility index (Phi) is 5.49. The third-order valence-corrected chi connectivity index (χ3v) is 3.10. The number of benzene rings is 1. The highest BCUT2D eigenvalue weighted by molar-refractivity contribution is 6.02. The molecule has 2 heterocycles. The van der Waals surface area contributed by atoms with Crippen molar-refractivity contribution in [2.45, 2.75) is 6.54 Å². The molecule has 1 aromatic carbocycles. The van der Waals surface area contributed by atoms with Crippen LogP contribution >= 0.6 is 0 Å². The van der Waals surface area contributed by atoms with Crippen molar-refractivity contribution in [3.63, 3.8) is 0 Å². The summed E-state index contributed by atoms with van der Waals surface area (Å²) < 4.78 is 7.11. The zero-order chi connectivity index (χ0) is 14.5. The Balaban J connectivity index is 0.00000176. The van der Waals surface area contributed by atoms with Gasteiger partial charge >= 0.3 is 0 Å². The maximum Gasteiger partial charge on any atom is 0.291 e. The van der Waals surface area contributed by atoms with E-state index in [1.165, 1.54) is 11.8 Å². The van der Waals surface area contributed by atoms with Crippen molar-refractivity contribution < 1.29 is 30.8 Å². The average molecular weight is 359 g/mol. The Morgan fingerprint density at radius 3 is 2.36 bits per heavy atom. The van der Waals surface area contributed by atoms with Crippen LogP contribution in [-0.2, 0) is 6.54 Å². The van der Waals surface area contributed by atoms with Gasteiger partial charge in [-0.05, 0) is 12.1 Å². The lowest BCUT2D eigenvalue weighted by atomic mass is 10.2. The lowest BCUT2D eigenvalue weighted by Crippen LogP contribution is -3.00. The molecule has 0 bridgehead atoms. The number of nitrogens with one attached hydrogen (secondary N) is 1. The molecule has 0 aliphatic heterocycles. The molecule has 0 saturated carbocycles. The van der Waals surface area contributed by atoms with Gasteiger partial charge in [0, 0.05) is 17.7 Å². The van der Waals surface area contributed by atoms with Crippen molar-refractivity contribution in [1.29, 1.82) is 0 Å². The largest absolute Gasteiger partial charge is 1.00 e. The van der Waals surface area contributed by atoms with E-state index in [2.05, 4.69) is 22.0 Å². The van der Waals surface area contributed by atoms with Crippen LogP contribution in [0.3, 0.4) is 0 Å². The number of pyridine rings is 1. The molecule has 0 atom stereocenters. The summed E-state index contributed by atoms with van der Waals surface area (Å²) in [6.07, 6.45) is 5.35. The van der Waals surface area contributed by atoms with E-state index in [-0.39, 0.29) is 22.9 Å². The molecule has 3 aromatic rings. The van der Waals surface area contributed by atoms with Crippen LogP contribution < -0.4 is 26.9 Å². The van der Waals surface area contributed by atoms with Gasteiger partial charge in [0.05, 0.1) is 12.0 Å². The summed E-state index contributed by atoms with van der Waals surface area (Å²) in [5, 5.41) is 2.79. The fourth-order valence-electron chi connectivity index (χ4n) is 2.04. The van der Waals surface area contributed by atoms with Gasteiger partial charge in [-0.25, -0.2) is 4.57 Å². The minimum atomic E-state index is -0.249. The van der Waals surface area contributed by atoms with Gasteiger partial charge < -0.3 is 26.7 Å². The first-order valence-corrected chi connectivity index (χ1v) is 6.69. The average Bonchev–Trinajstić information content (AvgIpc) is 3.05. The van der Waals surface area contributed by atoms with Gasteiger partial charge in [-0.15, -0.1) is 0 Å². The number of rotatable bonds is 4. The van der Waals surface area contributed by atoms with Crippen molar-refractivity contribution in [3.8, 4) is 0 Å². The second-order valence-electron chi connectivity index (χ2n) is 4.68. The zero-order valence-electron chi connectivity index (χ0n) is 11.8. The summed E-state index contributed by atoms with van der Waals surface area (Å²) in [4.78, 5) is 11.8. The summed E-state index contributed by atoms with van der Waals surface area (Å²) in [5.74, 6) is 0.0526. The number of furan rings is 1. The molecule has 4 nitrogen and oxygen atoms in total. The van der Waals surface area contributed by atoms with Crippen LogP contribution in [0.15, 0.2) is 77.7 Å². The molecule has 1 amide bonds. The molecule has 0 unspecified atom stereocenters. The highest BCUT2D eigenvalue weighted by atomic mass is 79.9. The zero-order valence-corrected chi connectivity index (χ0v) is 13.4. The Morgan fingerprint density at radius 1 is 1.00 bits per heavy atom. The van der Waals surface area contributed by atoms with Crippen LogP contribution in [-0.4, -0.2) is 5.91 Å². The first-order chi connectivity index (χ1) is 10.3. The fraction of sp³-hybridized carbons (Fsp3) is 0.0588. The lowest BCUT2D eigenvalue weighted by molar-refractivity contribution is -0.688. The van der Waals surface area contributed by atoms with Crippen LogP contribution in [0, 0.1) is 0 Å². The number of nitrogens with zero attached hydrogens (tertiary/aromatic N) is 1. The van der Waals surface area contributed by atoms with Crippen LogP contribution in [0.2, 0.25) is 0 Å². The number of carbonyl (C=O) groups is 1. The fourth-order valence-corrected chi connectivity index (χ4v) is 2.04. The van der Waals surface area contributed by atoms with E-state index < -0.39 is 0 Å². The van der Waals surface area contributed by atoms with Gasteiger partial charge in [0.1, 0.15) is 0 Å². The smallest absolute Gasteiger partial charge is 0.291 e. The molecule has 1 N–H and O–H groups in total. The molecule has 5 heteroatoms. The molecule has 0 fully saturated rings. The molecule has 112 valence electrons. The molecule has 0 aliphatic carbocycles. The summed E-state index contributed by atoms with van der Waals surface area (Å²) in [5.41, 5.74) is 1.97. The van der Waals surface area contributed by atoms with Gasteiger partial charge in [0.15, 0.2) is 24.7 Å². The number of hydrogen-bond acceptors (Lipinski definition) is 2. The molecule has 2 aromatic heterocycles. The SMILES string of the molecule is O=C(Nc1cc[n+](Cc2ccccc2)cc1)c1ccco1.[Br-]. The van der Waals surface area contributed by atoms with Crippen LogP contribution in [0.25, 0.3) is 0 Å². The van der Waals surface area contributed by atoms with E-state index in [1.807, 2.05) is 42.7 Å². The van der Waals surface area contributed by atoms with Gasteiger partial charge in [-0.2, -0.15) is 0 Å². The monoisotopic (exact) mass is 358 g/mol. The van der Waals surface area contributed by atoms with Gasteiger partial charge in [0.25, 0.3) is 5.91 Å². The van der Waals surface area contributed by atoms with E-state index in [4.69, 9.17) is 4.42 Å². The van der Waals surface area contributed by atoms with Crippen LogP contribution in [0.1, 0.15) is 16.1 Å². The van der Waals surface area contributed by atoms with Crippen molar-refractivity contribution in [2.75, 3.05) is 5.32 Å². The number of hydrogen-bond donors (Lipinski definition) is 1. The maximum absolute atomic E-state index is 11.8. The van der Waals surface area contributed by atoms with E-state index >= 15 is 0 Å². The number of amides is 1. The van der Waals surface area contributed by atoms with Crippen LogP contribution in [0.5, 0.6) is 0 Å². The quantitative estimate of drug-likeness (QED) is 0.660. The molecular formula is C17H15BrN2O2. The maximum atomic E-state index is 11.8. The Bertz CT molecular complexity index is 710. The highest BCUT2D eigenvalue weighted by Crippen LogP contribution is 2.08. The summed E-state index contributed by atoms with van der Waals surface area (Å²) in [6.45, 7) is 0.799. The molecule has 0 saturated heterocycles. The highest BCUT2D eigenvalue weighted by Gasteiger charge is 2.09. The van der Waals surface area contributed by atoms with Crippen molar-refractivity contribution in [1.82, 2.24) is 0 Å². The minimum Gasteiger partial charge on any atom is -1.00 e. The molecule has 0 aliphatic rings. The van der Waals surface area contributed by atoms with Crippen molar-refractivity contribution >= 4 is 11.6 Å². The van der Waals surface area contributed by atoms with E-state index in [0.717, 1.165) is 12.2 Å². The van der Waals surface area contributed by atoms with Crippen LogP contribution in [0.4, 0.5) is 5.69 Å². The first-order valence-electron chi connectivity index (χ1n) is 6.69. The van der Waals surface area contributed by atoms with Crippen molar-refractivity contribution in [2.24, 2.45) is 0 Å². The van der Waals surface area contributed by atoms with E-state index in [1.54, 1.807) is 12.1 Å². The molecule has 22 heavy (non-hydrogen) atoms. The molecule has 3 rings (SSSR count). The lowest BCUT2D eigenvalue weighted by Gasteiger charge is -2.02. The molecule has 0 radical (unpaired) electrons. The second-order valence-corrected chi connectivity index (χ2v) is 4.68. The van der Waals surface area contributed by atoms with Gasteiger partial charge in [0.2, 0.25) is 0 Å². The first kappa shape index (κ1) is 16.0. The minimum absolute atomic E-state index is 0. The predicted molar refractivity (Wildman–Crippen MR) is 78.8 cm³/mol. The summed E-state index contributed by atoms with van der Waals surface area (Å²) in [6, 6.07) is 17.3. The molecular weight excluding hydrogens is 344 g/mol. The Hall–Kier alpha value is -2.40. The van der Waals surface area contributed by atoms with Gasteiger partial charge in [-0.1, -0.05) is 30.3 Å². The number of aromatic nitrogens is 1. The summed E-state index contributed by atoms with van der Waals surface area (Å²) >= 11 is 0. The topological polar surface area (TPSA) is 46.1 Å².